The largest absolute Gasteiger partial charge is 0.357 e. The summed E-state index contributed by atoms with van der Waals surface area (Å²) in [5, 5.41) is 3.06. The van der Waals surface area contributed by atoms with Crippen LogP contribution in [0.15, 0.2) is 36.7 Å². The van der Waals surface area contributed by atoms with E-state index in [1.54, 1.807) is 6.33 Å². The van der Waals surface area contributed by atoms with Crippen molar-refractivity contribution in [2.24, 2.45) is 5.92 Å². The van der Waals surface area contributed by atoms with E-state index in [2.05, 4.69) is 38.1 Å². The number of nitrogens with zero attached hydrogens (tertiary/aromatic N) is 4. The van der Waals surface area contributed by atoms with Gasteiger partial charge in [0.15, 0.2) is 0 Å². The minimum Gasteiger partial charge on any atom is -0.357 e. The standard InChI is InChI=1S/C25H35N5O/c1-20-10-16-29(17-11-20)13-5-12-26-25(31)22-8-6-21(7-9-22)23-18-24(28-19-27-23)30-14-3-2-4-15-30/h6-9,18-20H,2-5,10-17H2,1H3,(H,26,31). The molecule has 1 aromatic heterocycles. The molecule has 0 bridgehead atoms. The van der Waals surface area contributed by atoms with E-state index in [0.29, 0.717) is 5.56 Å². The zero-order chi connectivity index (χ0) is 21.5. The molecule has 1 N–H and O–H groups in total. The first-order valence-electron chi connectivity index (χ1n) is 11.9. The molecular formula is C25H35N5O. The number of aromatic nitrogens is 2. The maximum absolute atomic E-state index is 12.5. The van der Waals surface area contributed by atoms with E-state index >= 15 is 0 Å². The van der Waals surface area contributed by atoms with Crippen LogP contribution in [0.5, 0.6) is 0 Å². The highest BCUT2D eigenvalue weighted by Gasteiger charge is 2.15. The Bertz CT molecular complexity index is 839. The quantitative estimate of drug-likeness (QED) is 0.685. The van der Waals surface area contributed by atoms with Crippen molar-refractivity contribution in [2.45, 2.75) is 45.4 Å². The fourth-order valence-corrected chi connectivity index (χ4v) is 4.49. The molecule has 0 atom stereocenters. The van der Waals surface area contributed by atoms with Gasteiger partial charge in [-0.15, -0.1) is 0 Å². The Morgan fingerprint density at radius 1 is 1.03 bits per heavy atom. The fourth-order valence-electron chi connectivity index (χ4n) is 4.49. The number of benzene rings is 1. The lowest BCUT2D eigenvalue weighted by atomic mass is 9.99. The number of amides is 1. The Labute approximate surface area is 186 Å². The van der Waals surface area contributed by atoms with Crippen LogP contribution in [0.25, 0.3) is 11.3 Å². The Morgan fingerprint density at radius 2 is 1.77 bits per heavy atom. The number of rotatable bonds is 7. The van der Waals surface area contributed by atoms with Gasteiger partial charge < -0.3 is 15.1 Å². The SMILES string of the molecule is CC1CCN(CCCNC(=O)c2ccc(-c3cc(N4CCCCC4)ncn3)cc2)CC1. The summed E-state index contributed by atoms with van der Waals surface area (Å²) in [6, 6.07) is 9.79. The van der Waals surface area contributed by atoms with Crippen LogP contribution in [0.2, 0.25) is 0 Å². The van der Waals surface area contributed by atoms with E-state index in [1.165, 1.54) is 45.2 Å². The first kappa shape index (κ1) is 21.8. The monoisotopic (exact) mass is 421 g/mol. The maximum Gasteiger partial charge on any atom is 0.251 e. The van der Waals surface area contributed by atoms with Gasteiger partial charge in [0.25, 0.3) is 5.91 Å². The third-order valence-corrected chi connectivity index (χ3v) is 6.59. The van der Waals surface area contributed by atoms with Crippen LogP contribution in [0, 0.1) is 5.92 Å². The van der Waals surface area contributed by atoms with Gasteiger partial charge in [-0.3, -0.25) is 4.79 Å². The molecule has 0 radical (unpaired) electrons. The van der Waals surface area contributed by atoms with Crippen LogP contribution >= 0.6 is 0 Å². The van der Waals surface area contributed by atoms with Crippen molar-refractivity contribution in [2.75, 3.05) is 44.2 Å². The molecule has 2 aliphatic heterocycles. The molecule has 2 aromatic rings. The minimum atomic E-state index is -0.00416. The van der Waals surface area contributed by atoms with Crippen molar-refractivity contribution in [1.29, 1.82) is 0 Å². The number of piperidine rings is 2. The third kappa shape index (κ3) is 6.03. The molecule has 1 amide bonds. The van der Waals surface area contributed by atoms with Gasteiger partial charge in [-0.2, -0.15) is 0 Å². The molecule has 3 heterocycles. The third-order valence-electron chi connectivity index (χ3n) is 6.59. The normalized spacial score (nSPS) is 18.2. The highest BCUT2D eigenvalue weighted by Crippen LogP contribution is 2.23. The van der Waals surface area contributed by atoms with Crippen molar-refractivity contribution in [3.63, 3.8) is 0 Å². The minimum absolute atomic E-state index is 0.00416. The molecule has 4 rings (SSSR count). The maximum atomic E-state index is 12.5. The molecule has 6 heteroatoms. The van der Waals surface area contributed by atoms with E-state index in [4.69, 9.17) is 0 Å². The van der Waals surface area contributed by atoms with Gasteiger partial charge in [0.05, 0.1) is 5.69 Å². The van der Waals surface area contributed by atoms with Crippen LogP contribution in [-0.4, -0.2) is 60.0 Å². The Hall–Kier alpha value is -2.47. The average Bonchev–Trinajstić information content (AvgIpc) is 2.83. The van der Waals surface area contributed by atoms with Crippen LogP contribution in [0.3, 0.4) is 0 Å². The van der Waals surface area contributed by atoms with Crippen LogP contribution < -0.4 is 10.2 Å². The second kappa shape index (κ2) is 10.7. The second-order valence-electron chi connectivity index (χ2n) is 9.02. The van der Waals surface area contributed by atoms with Crippen LogP contribution in [-0.2, 0) is 0 Å². The van der Waals surface area contributed by atoms with E-state index in [1.807, 2.05) is 24.3 Å². The zero-order valence-electron chi connectivity index (χ0n) is 18.7. The van der Waals surface area contributed by atoms with Crippen LogP contribution in [0.1, 0.15) is 55.8 Å². The first-order chi connectivity index (χ1) is 15.2. The van der Waals surface area contributed by atoms with Crippen molar-refractivity contribution in [3.8, 4) is 11.3 Å². The molecule has 166 valence electrons. The summed E-state index contributed by atoms with van der Waals surface area (Å²) in [6.07, 6.45) is 8.98. The summed E-state index contributed by atoms with van der Waals surface area (Å²) in [6.45, 7) is 8.63. The van der Waals surface area contributed by atoms with E-state index in [-0.39, 0.29) is 5.91 Å². The topological polar surface area (TPSA) is 61.4 Å². The molecule has 0 spiro atoms. The van der Waals surface area contributed by atoms with Crippen molar-refractivity contribution in [1.82, 2.24) is 20.2 Å². The van der Waals surface area contributed by atoms with Gasteiger partial charge in [-0.1, -0.05) is 19.1 Å². The molecule has 0 aliphatic carbocycles. The predicted molar refractivity (Wildman–Crippen MR) is 125 cm³/mol. The molecular weight excluding hydrogens is 386 g/mol. The van der Waals surface area contributed by atoms with Gasteiger partial charge >= 0.3 is 0 Å². The van der Waals surface area contributed by atoms with E-state index in [9.17, 15) is 4.79 Å². The number of carbonyl (C=O) groups excluding carboxylic acids is 1. The summed E-state index contributed by atoms with van der Waals surface area (Å²) >= 11 is 0. The summed E-state index contributed by atoms with van der Waals surface area (Å²) in [4.78, 5) is 26.2. The van der Waals surface area contributed by atoms with Crippen molar-refractivity contribution < 1.29 is 4.79 Å². The Balaban J connectivity index is 1.27. The summed E-state index contributed by atoms with van der Waals surface area (Å²) < 4.78 is 0. The van der Waals surface area contributed by atoms with E-state index in [0.717, 1.165) is 55.6 Å². The molecule has 2 saturated heterocycles. The van der Waals surface area contributed by atoms with Gasteiger partial charge in [0.2, 0.25) is 0 Å². The lowest BCUT2D eigenvalue weighted by Crippen LogP contribution is -2.35. The average molecular weight is 422 g/mol. The van der Waals surface area contributed by atoms with E-state index < -0.39 is 0 Å². The number of anilines is 1. The zero-order valence-corrected chi connectivity index (χ0v) is 18.7. The van der Waals surface area contributed by atoms with Gasteiger partial charge in [-0.25, -0.2) is 9.97 Å². The molecule has 6 nitrogen and oxygen atoms in total. The lowest BCUT2D eigenvalue weighted by molar-refractivity contribution is 0.0950. The molecule has 0 unspecified atom stereocenters. The smallest absolute Gasteiger partial charge is 0.251 e. The molecule has 2 aliphatic rings. The molecule has 2 fully saturated rings. The molecule has 31 heavy (non-hydrogen) atoms. The van der Waals surface area contributed by atoms with Crippen molar-refractivity contribution >= 4 is 11.7 Å². The second-order valence-corrected chi connectivity index (χ2v) is 9.02. The lowest BCUT2D eigenvalue weighted by Gasteiger charge is -2.30. The summed E-state index contributed by atoms with van der Waals surface area (Å²) in [5.41, 5.74) is 2.61. The highest BCUT2D eigenvalue weighted by molar-refractivity contribution is 5.94. The molecule has 1 aromatic carbocycles. The Morgan fingerprint density at radius 3 is 2.52 bits per heavy atom. The number of hydrogen-bond acceptors (Lipinski definition) is 5. The fraction of sp³-hybridized carbons (Fsp3) is 0.560. The number of hydrogen-bond donors (Lipinski definition) is 1. The predicted octanol–water partition coefficient (Wildman–Crippen LogP) is 3.99. The Kier molecular flexibility index (Phi) is 7.52. The van der Waals surface area contributed by atoms with Gasteiger partial charge in [0, 0.05) is 36.8 Å². The van der Waals surface area contributed by atoms with Crippen molar-refractivity contribution in [3.05, 3.63) is 42.2 Å². The van der Waals surface area contributed by atoms with Gasteiger partial charge in [0.1, 0.15) is 12.1 Å². The first-order valence-corrected chi connectivity index (χ1v) is 11.9. The van der Waals surface area contributed by atoms with Crippen LogP contribution in [0.4, 0.5) is 5.82 Å². The number of likely N-dealkylation sites (tertiary alicyclic amines) is 1. The number of carbonyl (C=O) groups is 1. The summed E-state index contributed by atoms with van der Waals surface area (Å²) in [5.74, 6) is 1.85. The van der Waals surface area contributed by atoms with Gasteiger partial charge in [-0.05, 0) is 76.2 Å². The summed E-state index contributed by atoms with van der Waals surface area (Å²) in [7, 11) is 0. The highest BCUT2D eigenvalue weighted by atomic mass is 16.1. The number of nitrogens with one attached hydrogen (secondary N) is 1. The molecule has 0 saturated carbocycles.